The molecule has 1 atom stereocenters. The summed E-state index contributed by atoms with van der Waals surface area (Å²) in [6.45, 7) is 8.23. The molecule has 1 aromatic rings. The summed E-state index contributed by atoms with van der Waals surface area (Å²) in [6, 6.07) is 8.07. The zero-order valence-electron chi connectivity index (χ0n) is 13.4. The molecule has 0 saturated heterocycles. The molecule has 0 saturated carbocycles. The lowest BCUT2D eigenvalue weighted by Gasteiger charge is -2.13. The second-order valence-corrected chi connectivity index (χ2v) is 5.37. The smallest absolute Gasteiger partial charge is 0.258 e. The van der Waals surface area contributed by atoms with Crippen LogP contribution >= 0.6 is 0 Å². The third-order valence-electron chi connectivity index (χ3n) is 3.18. The molecule has 2 N–H and O–H groups in total. The summed E-state index contributed by atoms with van der Waals surface area (Å²) in [5.74, 6) is 0.664. The van der Waals surface area contributed by atoms with Gasteiger partial charge in [0.2, 0.25) is 0 Å². The van der Waals surface area contributed by atoms with E-state index in [0.717, 1.165) is 38.1 Å². The van der Waals surface area contributed by atoms with E-state index in [1.165, 1.54) is 5.56 Å². The van der Waals surface area contributed by atoms with E-state index in [9.17, 15) is 4.79 Å². The van der Waals surface area contributed by atoms with Crippen LogP contribution < -0.4 is 15.4 Å². The Hall–Kier alpha value is -1.55. The first-order valence-electron chi connectivity index (χ1n) is 7.87. The largest absolute Gasteiger partial charge is 0.484 e. The average molecular weight is 292 g/mol. The molecule has 0 radical (unpaired) electrons. The van der Waals surface area contributed by atoms with Crippen LogP contribution in [0.25, 0.3) is 0 Å². The van der Waals surface area contributed by atoms with Crippen molar-refractivity contribution in [1.29, 1.82) is 0 Å². The minimum Gasteiger partial charge on any atom is -0.484 e. The van der Waals surface area contributed by atoms with Crippen LogP contribution in [-0.2, 0) is 11.3 Å². The zero-order valence-corrected chi connectivity index (χ0v) is 13.4. The van der Waals surface area contributed by atoms with Crippen LogP contribution in [0.4, 0.5) is 0 Å². The van der Waals surface area contributed by atoms with Crippen molar-refractivity contribution in [2.75, 3.05) is 13.2 Å². The van der Waals surface area contributed by atoms with E-state index in [1.54, 1.807) is 0 Å². The Kier molecular flexibility index (Phi) is 8.51. The molecule has 0 fully saturated rings. The van der Waals surface area contributed by atoms with Crippen molar-refractivity contribution in [3.63, 3.8) is 0 Å². The summed E-state index contributed by atoms with van der Waals surface area (Å²) >= 11 is 0. The van der Waals surface area contributed by atoms with E-state index in [0.29, 0.717) is 0 Å². The molecule has 1 aromatic carbocycles. The molecule has 0 aromatic heterocycles. The van der Waals surface area contributed by atoms with E-state index in [1.807, 2.05) is 31.2 Å². The van der Waals surface area contributed by atoms with E-state index in [4.69, 9.17) is 4.74 Å². The highest BCUT2D eigenvalue weighted by Gasteiger charge is 2.07. The maximum absolute atomic E-state index is 11.7. The van der Waals surface area contributed by atoms with Crippen LogP contribution in [0.15, 0.2) is 24.3 Å². The van der Waals surface area contributed by atoms with E-state index in [2.05, 4.69) is 24.5 Å². The highest BCUT2D eigenvalue weighted by atomic mass is 16.5. The van der Waals surface area contributed by atoms with Gasteiger partial charge in [0.1, 0.15) is 5.75 Å². The van der Waals surface area contributed by atoms with Gasteiger partial charge >= 0.3 is 0 Å². The second kappa shape index (κ2) is 10.2. The number of carbonyl (C=O) groups excluding carboxylic acids is 1. The fraction of sp³-hybridized carbons (Fsp3) is 0.588. The van der Waals surface area contributed by atoms with Gasteiger partial charge in [-0.1, -0.05) is 32.4 Å². The second-order valence-electron chi connectivity index (χ2n) is 5.37. The van der Waals surface area contributed by atoms with Crippen molar-refractivity contribution in [2.45, 2.75) is 52.6 Å². The number of hydrogen-bond donors (Lipinski definition) is 2. The maximum atomic E-state index is 11.7. The van der Waals surface area contributed by atoms with Gasteiger partial charge in [-0.2, -0.15) is 0 Å². The number of ether oxygens (including phenoxy) is 1. The van der Waals surface area contributed by atoms with Crippen LogP contribution in [0.2, 0.25) is 0 Å². The third kappa shape index (κ3) is 7.71. The lowest BCUT2D eigenvalue weighted by Crippen LogP contribution is -2.35. The number of nitrogens with one attached hydrogen (secondary N) is 2. The van der Waals surface area contributed by atoms with Gasteiger partial charge < -0.3 is 15.4 Å². The average Bonchev–Trinajstić information content (AvgIpc) is 2.47. The quantitative estimate of drug-likeness (QED) is 0.652. The van der Waals surface area contributed by atoms with E-state index >= 15 is 0 Å². The molecule has 4 nitrogen and oxygen atoms in total. The Morgan fingerprint density at radius 2 is 1.90 bits per heavy atom. The highest BCUT2D eigenvalue weighted by molar-refractivity contribution is 5.77. The van der Waals surface area contributed by atoms with Gasteiger partial charge in [0.15, 0.2) is 6.61 Å². The number of amides is 1. The van der Waals surface area contributed by atoms with Gasteiger partial charge in [0, 0.05) is 12.6 Å². The van der Waals surface area contributed by atoms with Gasteiger partial charge in [-0.3, -0.25) is 4.79 Å². The van der Waals surface area contributed by atoms with Crippen LogP contribution in [0, 0.1) is 0 Å². The summed E-state index contributed by atoms with van der Waals surface area (Å²) in [5.41, 5.74) is 1.22. The maximum Gasteiger partial charge on any atom is 0.258 e. The molecule has 1 unspecified atom stereocenters. The van der Waals surface area contributed by atoms with Gasteiger partial charge in [-0.25, -0.2) is 0 Å². The molecule has 0 aliphatic carbocycles. The topological polar surface area (TPSA) is 50.4 Å². The SMILES string of the molecule is CCCNCc1ccc(OCC(=O)NC(C)CCC)cc1. The fourth-order valence-electron chi connectivity index (χ4n) is 2.08. The minimum absolute atomic E-state index is 0.0651. The zero-order chi connectivity index (χ0) is 15.5. The monoisotopic (exact) mass is 292 g/mol. The number of carbonyl (C=O) groups is 1. The molecule has 1 amide bonds. The molecular formula is C17H28N2O2. The summed E-state index contributed by atoms with van der Waals surface area (Å²) in [7, 11) is 0. The molecule has 0 heterocycles. The summed E-state index contributed by atoms with van der Waals surface area (Å²) in [5, 5.41) is 6.27. The first-order valence-corrected chi connectivity index (χ1v) is 7.87. The third-order valence-corrected chi connectivity index (χ3v) is 3.18. The molecule has 1 rings (SSSR count). The molecule has 0 spiro atoms. The van der Waals surface area contributed by atoms with Crippen LogP contribution in [0.3, 0.4) is 0 Å². The van der Waals surface area contributed by atoms with Crippen LogP contribution in [-0.4, -0.2) is 25.1 Å². The van der Waals surface area contributed by atoms with Gasteiger partial charge in [-0.15, -0.1) is 0 Å². The predicted octanol–water partition coefficient (Wildman–Crippen LogP) is 2.87. The molecule has 0 aliphatic heterocycles. The summed E-state index contributed by atoms with van der Waals surface area (Å²) in [6.07, 6.45) is 3.19. The first kappa shape index (κ1) is 17.5. The van der Waals surface area contributed by atoms with Crippen molar-refractivity contribution in [1.82, 2.24) is 10.6 Å². The number of hydrogen-bond acceptors (Lipinski definition) is 3. The Bertz CT molecular complexity index is 404. The molecular weight excluding hydrogens is 264 g/mol. The van der Waals surface area contributed by atoms with Crippen LogP contribution in [0.5, 0.6) is 5.75 Å². The summed E-state index contributed by atoms with van der Waals surface area (Å²) < 4.78 is 5.50. The normalized spacial score (nSPS) is 12.0. The van der Waals surface area contributed by atoms with Crippen molar-refractivity contribution in [3.8, 4) is 5.75 Å². The lowest BCUT2D eigenvalue weighted by atomic mass is 10.2. The van der Waals surface area contributed by atoms with Gasteiger partial charge in [0.25, 0.3) is 5.91 Å². The highest BCUT2D eigenvalue weighted by Crippen LogP contribution is 2.12. The minimum atomic E-state index is -0.0651. The Labute approximate surface area is 128 Å². The van der Waals surface area contributed by atoms with Crippen LogP contribution in [0.1, 0.15) is 45.6 Å². The summed E-state index contributed by atoms with van der Waals surface area (Å²) in [4.78, 5) is 11.7. The molecule has 0 bridgehead atoms. The molecule has 0 aliphatic rings. The molecule has 21 heavy (non-hydrogen) atoms. The van der Waals surface area contributed by atoms with Crippen molar-refractivity contribution >= 4 is 5.91 Å². The van der Waals surface area contributed by atoms with E-state index < -0.39 is 0 Å². The molecule has 118 valence electrons. The predicted molar refractivity (Wildman–Crippen MR) is 86.4 cm³/mol. The Balaban J connectivity index is 2.30. The van der Waals surface area contributed by atoms with Crippen molar-refractivity contribution in [2.24, 2.45) is 0 Å². The Morgan fingerprint density at radius 3 is 2.52 bits per heavy atom. The van der Waals surface area contributed by atoms with Gasteiger partial charge in [0.05, 0.1) is 0 Å². The Morgan fingerprint density at radius 1 is 1.19 bits per heavy atom. The van der Waals surface area contributed by atoms with Gasteiger partial charge in [-0.05, 0) is 44.0 Å². The van der Waals surface area contributed by atoms with Crippen molar-refractivity contribution < 1.29 is 9.53 Å². The first-order chi connectivity index (χ1) is 10.2. The standard InChI is InChI=1S/C17H28N2O2/c1-4-6-14(3)19-17(20)13-21-16-9-7-15(8-10-16)12-18-11-5-2/h7-10,14,18H,4-6,11-13H2,1-3H3,(H,19,20). The fourth-order valence-corrected chi connectivity index (χ4v) is 2.08. The van der Waals surface area contributed by atoms with E-state index in [-0.39, 0.29) is 18.6 Å². The number of benzene rings is 1. The van der Waals surface area contributed by atoms with Crippen molar-refractivity contribution in [3.05, 3.63) is 29.8 Å². The number of rotatable bonds is 10. The molecule has 4 heteroatoms. The lowest BCUT2D eigenvalue weighted by molar-refractivity contribution is -0.123.